The third-order valence-electron chi connectivity index (χ3n) is 4.86. The third kappa shape index (κ3) is 5.26. The van der Waals surface area contributed by atoms with E-state index in [1.807, 2.05) is 0 Å². The molecular weight excluding hydrogens is 266 g/mol. The molecule has 22 heavy (non-hydrogen) atoms. The van der Waals surface area contributed by atoms with Gasteiger partial charge in [0.15, 0.2) is 0 Å². The fourth-order valence-electron chi connectivity index (χ4n) is 3.47. The summed E-state index contributed by atoms with van der Waals surface area (Å²) in [4.78, 5) is 4.96. The van der Waals surface area contributed by atoms with Crippen molar-refractivity contribution in [3.63, 3.8) is 0 Å². The average molecular weight is 300 g/mol. The molecule has 1 nitrogen and oxygen atoms in total. The van der Waals surface area contributed by atoms with Gasteiger partial charge in [0.1, 0.15) is 0 Å². The molecule has 122 valence electrons. The molecule has 0 amide bonds. The minimum absolute atomic E-state index is 0.393. The van der Waals surface area contributed by atoms with E-state index in [0.717, 1.165) is 6.54 Å². The Morgan fingerprint density at radius 1 is 1.14 bits per heavy atom. The molecule has 0 saturated heterocycles. The standard InChI is InChI=1S/C21H33N/c1-5-6-13-21(15-18-10-8-7-9-11-18)16-19(22-17-21)12-14-20(2,3)4/h7-11H,5-6,12-17H2,1-4H3. The van der Waals surface area contributed by atoms with Crippen molar-refractivity contribution in [2.45, 2.75) is 72.6 Å². The van der Waals surface area contributed by atoms with Gasteiger partial charge in [0.25, 0.3) is 0 Å². The van der Waals surface area contributed by atoms with E-state index in [2.05, 4.69) is 58.0 Å². The molecule has 1 heteroatoms. The quantitative estimate of drug-likeness (QED) is 0.579. The van der Waals surface area contributed by atoms with Crippen molar-refractivity contribution in [2.75, 3.05) is 6.54 Å². The highest BCUT2D eigenvalue weighted by atomic mass is 14.8. The van der Waals surface area contributed by atoms with Crippen LogP contribution in [0.2, 0.25) is 0 Å². The number of rotatable bonds is 7. The van der Waals surface area contributed by atoms with Crippen LogP contribution < -0.4 is 0 Å². The van der Waals surface area contributed by atoms with Gasteiger partial charge in [0, 0.05) is 12.3 Å². The molecule has 0 fully saturated rings. The largest absolute Gasteiger partial charge is 0.294 e. The summed E-state index contributed by atoms with van der Waals surface area (Å²) in [6, 6.07) is 11.0. The molecule has 2 rings (SSSR count). The summed E-state index contributed by atoms with van der Waals surface area (Å²) < 4.78 is 0. The zero-order valence-corrected chi connectivity index (χ0v) is 15.0. The first-order valence-electron chi connectivity index (χ1n) is 8.99. The fourth-order valence-corrected chi connectivity index (χ4v) is 3.47. The predicted molar refractivity (Wildman–Crippen MR) is 97.7 cm³/mol. The Balaban J connectivity index is 2.00. The molecule has 1 aliphatic rings. The van der Waals surface area contributed by atoms with Gasteiger partial charge < -0.3 is 0 Å². The van der Waals surface area contributed by atoms with E-state index in [1.54, 1.807) is 0 Å². The van der Waals surface area contributed by atoms with Crippen LogP contribution in [0, 0.1) is 10.8 Å². The molecule has 0 saturated carbocycles. The topological polar surface area (TPSA) is 12.4 Å². The summed E-state index contributed by atoms with van der Waals surface area (Å²) in [7, 11) is 0. The van der Waals surface area contributed by atoms with Gasteiger partial charge in [0.2, 0.25) is 0 Å². The number of hydrogen-bond donors (Lipinski definition) is 0. The maximum Gasteiger partial charge on any atom is 0.0451 e. The molecule has 0 aliphatic carbocycles. The van der Waals surface area contributed by atoms with E-state index in [0.29, 0.717) is 10.8 Å². The van der Waals surface area contributed by atoms with Crippen molar-refractivity contribution in [2.24, 2.45) is 15.8 Å². The summed E-state index contributed by atoms with van der Waals surface area (Å²) in [6.07, 6.45) is 8.78. The van der Waals surface area contributed by atoms with Crippen molar-refractivity contribution in [1.82, 2.24) is 0 Å². The Morgan fingerprint density at radius 2 is 1.86 bits per heavy atom. The van der Waals surface area contributed by atoms with E-state index in [4.69, 9.17) is 4.99 Å². The van der Waals surface area contributed by atoms with Gasteiger partial charge in [-0.3, -0.25) is 4.99 Å². The molecular formula is C21H33N. The van der Waals surface area contributed by atoms with Crippen LogP contribution in [0.1, 0.15) is 71.8 Å². The van der Waals surface area contributed by atoms with Gasteiger partial charge in [-0.05, 0) is 48.5 Å². The Hall–Kier alpha value is -1.11. The second kappa shape index (κ2) is 7.44. The molecule has 1 heterocycles. The van der Waals surface area contributed by atoms with Crippen LogP contribution in [0.4, 0.5) is 0 Å². The highest BCUT2D eigenvalue weighted by Gasteiger charge is 2.35. The lowest BCUT2D eigenvalue weighted by molar-refractivity contribution is 0.289. The zero-order valence-electron chi connectivity index (χ0n) is 15.0. The first-order valence-corrected chi connectivity index (χ1v) is 8.99. The molecule has 1 unspecified atom stereocenters. The zero-order chi connectivity index (χ0) is 16.1. The Bertz CT molecular complexity index is 480. The van der Waals surface area contributed by atoms with Crippen LogP contribution in [0.15, 0.2) is 35.3 Å². The predicted octanol–water partition coefficient (Wildman–Crippen LogP) is 6.08. The summed E-state index contributed by atoms with van der Waals surface area (Å²) in [5.74, 6) is 0. The molecule has 0 spiro atoms. The lowest BCUT2D eigenvalue weighted by atomic mass is 9.74. The number of hydrogen-bond acceptors (Lipinski definition) is 1. The molecule has 0 bridgehead atoms. The average Bonchev–Trinajstić information content (AvgIpc) is 2.87. The summed E-state index contributed by atoms with van der Waals surface area (Å²) in [5, 5.41) is 0. The van der Waals surface area contributed by atoms with Gasteiger partial charge in [-0.2, -0.15) is 0 Å². The highest BCUT2D eigenvalue weighted by molar-refractivity contribution is 5.86. The first kappa shape index (κ1) is 17.2. The molecule has 1 atom stereocenters. The van der Waals surface area contributed by atoms with Crippen LogP contribution in [-0.4, -0.2) is 12.3 Å². The summed E-state index contributed by atoms with van der Waals surface area (Å²) in [5.41, 5.74) is 3.76. The molecule has 1 aliphatic heterocycles. The van der Waals surface area contributed by atoms with Crippen LogP contribution >= 0.6 is 0 Å². The van der Waals surface area contributed by atoms with Crippen molar-refractivity contribution in [3.8, 4) is 0 Å². The smallest absolute Gasteiger partial charge is 0.0451 e. The van der Waals surface area contributed by atoms with Crippen molar-refractivity contribution in [1.29, 1.82) is 0 Å². The lowest BCUT2D eigenvalue weighted by Gasteiger charge is -2.29. The van der Waals surface area contributed by atoms with Crippen LogP contribution in [-0.2, 0) is 6.42 Å². The van der Waals surface area contributed by atoms with E-state index in [-0.39, 0.29) is 0 Å². The molecule has 1 aromatic carbocycles. The Labute approximate surface area is 137 Å². The fraction of sp³-hybridized carbons (Fsp3) is 0.667. The molecule has 1 aromatic rings. The van der Waals surface area contributed by atoms with Gasteiger partial charge in [-0.25, -0.2) is 0 Å². The minimum Gasteiger partial charge on any atom is -0.294 e. The van der Waals surface area contributed by atoms with Crippen LogP contribution in [0.5, 0.6) is 0 Å². The van der Waals surface area contributed by atoms with Crippen molar-refractivity contribution < 1.29 is 0 Å². The monoisotopic (exact) mass is 299 g/mol. The number of nitrogens with zero attached hydrogens (tertiary/aromatic N) is 1. The van der Waals surface area contributed by atoms with Crippen molar-refractivity contribution >= 4 is 5.71 Å². The van der Waals surface area contributed by atoms with E-state index >= 15 is 0 Å². The van der Waals surface area contributed by atoms with Crippen LogP contribution in [0.25, 0.3) is 0 Å². The van der Waals surface area contributed by atoms with Crippen LogP contribution in [0.3, 0.4) is 0 Å². The maximum absolute atomic E-state index is 4.96. The van der Waals surface area contributed by atoms with E-state index in [9.17, 15) is 0 Å². The minimum atomic E-state index is 0.393. The summed E-state index contributed by atoms with van der Waals surface area (Å²) in [6.45, 7) is 10.3. The Kier molecular flexibility index (Phi) is 5.83. The van der Waals surface area contributed by atoms with E-state index < -0.39 is 0 Å². The third-order valence-corrected chi connectivity index (χ3v) is 4.86. The molecule has 0 radical (unpaired) electrons. The van der Waals surface area contributed by atoms with Gasteiger partial charge in [0.05, 0.1) is 0 Å². The van der Waals surface area contributed by atoms with Gasteiger partial charge in [-0.15, -0.1) is 0 Å². The number of benzene rings is 1. The van der Waals surface area contributed by atoms with Gasteiger partial charge >= 0.3 is 0 Å². The highest BCUT2D eigenvalue weighted by Crippen LogP contribution is 2.39. The number of aliphatic imine (C=N–C) groups is 1. The van der Waals surface area contributed by atoms with Crippen molar-refractivity contribution in [3.05, 3.63) is 35.9 Å². The maximum atomic E-state index is 4.96. The second-order valence-electron chi connectivity index (χ2n) is 8.39. The summed E-state index contributed by atoms with van der Waals surface area (Å²) >= 11 is 0. The molecule has 0 aromatic heterocycles. The number of unbranched alkanes of at least 4 members (excludes halogenated alkanes) is 1. The second-order valence-corrected chi connectivity index (χ2v) is 8.39. The molecule has 0 N–H and O–H groups in total. The lowest BCUT2D eigenvalue weighted by Crippen LogP contribution is -2.25. The van der Waals surface area contributed by atoms with Gasteiger partial charge in [-0.1, -0.05) is 70.9 Å². The Morgan fingerprint density at radius 3 is 2.50 bits per heavy atom. The normalized spacial score (nSPS) is 21.9. The SMILES string of the molecule is CCCCC1(Cc2ccccc2)CN=C(CCC(C)(C)C)C1. The first-order chi connectivity index (χ1) is 10.4. The van der Waals surface area contributed by atoms with E-state index in [1.165, 1.54) is 56.2 Å².